The zero-order chi connectivity index (χ0) is 16.0. The third-order valence-corrected chi connectivity index (χ3v) is 4.34. The summed E-state index contributed by atoms with van der Waals surface area (Å²) in [5.41, 5.74) is 5.95. The van der Waals surface area contributed by atoms with Crippen molar-refractivity contribution in [1.82, 2.24) is 9.88 Å². The first kappa shape index (κ1) is 16.9. The minimum atomic E-state index is -0.687. The molecule has 0 bridgehead atoms. The molecule has 5 nitrogen and oxygen atoms in total. The van der Waals surface area contributed by atoms with Crippen molar-refractivity contribution in [2.45, 2.75) is 32.1 Å². The average molecular weight is 305 g/mol. The molecule has 0 saturated carbocycles. The normalized spacial score (nSPS) is 19.0. The van der Waals surface area contributed by atoms with Crippen molar-refractivity contribution in [2.24, 2.45) is 11.7 Å². The summed E-state index contributed by atoms with van der Waals surface area (Å²) in [7, 11) is 0. The van der Waals surface area contributed by atoms with E-state index in [4.69, 9.17) is 10.5 Å². The zero-order valence-electron chi connectivity index (χ0n) is 13.6. The Bertz CT molecular complexity index is 472. The number of rotatable bonds is 7. The maximum absolute atomic E-state index is 12.4. The molecule has 0 spiro atoms. The highest BCUT2D eigenvalue weighted by atomic mass is 16.5. The number of pyridine rings is 1. The van der Waals surface area contributed by atoms with Crippen molar-refractivity contribution in [3.63, 3.8) is 0 Å². The standard InChI is InChI=1S/C17H27N3O2/c1-14(2)13-17(16(18)21,15-5-3-4-7-19-15)6-8-20-9-11-22-12-10-20/h3-5,7,14H,6,8-13H2,1-2H3,(H2,18,21)/t17-/m1/s1. The van der Waals surface area contributed by atoms with Gasteiger partial charge in [0.05, 0.1) is 24.3 Å². The van der Waals surface area contributed by atoms with E-state index >= 15 is 0 Å². The van der Waals surface area contributed by atoms with Gasteiger partial charge in [0.2, 0.25) is 5.91 Å². The molecule has 0 radical (unpaired) electrons. The largest absolute Gasteiger partial charge is 0.379 e. The molecule has 0 aromatic carbocycles. The lowest BCUT2D eigenvalue weighted by Gasteiger charge is -2.35. The lowest BCUT2D eigenvalue weighted by molar-refractivity contribution is -0.125. The quantitative estimate of drug-likeness (QED) is 0.830. The topological polar surface area (TPSA) is 68.5 Å². The molecule has 1 atom stereocenters. The Morgan fingerprint density at radius 1 is 1.41 bits per heavy atom. The monoisotopic (exact) mass is 305 g/mol. The number of carbonyl (C=O) groups excluding carboxylic acids is 1. The molecule has 1 aliphatic heterocycles. The molecule has 122 valence electrons. The summed E-state index contributed by atoms with van der Waals surface area (Å²) in [6.07, 6.45) is 3.17. The minimum absolute atomic E-state index is 0.270. The molecule has 1 aliphatic rings. The van der Waals surface area contributed by atoms with Crippen LogP contribution >= 0.6 is 0 Å². The Morgan fingerprint density at radius 2 is 2.14 bits per heavy atom. The molecule has 2 N–H and O–H groups in total. The second-order valence-electron chi connectivity index (χ2n) is 6.46. The number of morpholine rings is 1. The highest BCUT2D eigenvalue weighted by Gasteiger charge is 2.40. The Morgan fingerprint density at radius 3 is 2.68 bits per heavy atom. The molecular weight excluding hydrogens is 278 g/mol. The van der Waals surface area contributed by atoms with Crippen LogP contribution in [-0.2, 0) is 14.9 Å². The van der Waals surface area contributed by atoms with Gasteiger partial charge in [-0.25, -0.2) is 0 Å². The van der Waals surface area contributed by atoms with Gasteiger partial charge in [-0.15, -0.1) is 0 Å². The Hall–Kier alpha value is -1.46. The summed E-state index contributed by atoms with van der Waals surface area (Å²) < 4.78 is 5.38. The van der Waals surface area contributed by atoms with Gasteiger partial charge in [0.1, 0.15) is 0 Å². The first-order chi connectivity index (χ1) is 10.5. The molecule has 22 heavy (non-hydrogen) atoms. The first-order valence-corrected chi connectivity index (χ1v) is 8.06. The van der Waals surface area contributed by atoms with Crippen molar-refractivity contribution < 1.29 is 9.53 Å². The van der Waals surface area contributed by atoms with Gasteiger partial charge >= 0.3 is 0 Å². The highest BCUT2D eigenvalue weighted by Crippen LogP contribution is 2.34. The van der Waals surface area contributed by atoms with E-state index in [1.807, 2.05) is 18.2 Å². The van der Waals surface area contributed by atoms with Gasteiger partial charge < -0.3 is 10.5 Å². The van der Waals surface area contributed by atoms with E-state index in [2.05, 4.69) is 23.7 Å². The van der Waals surface area contributed by atoms with E-state index in [1.165, 1.54) is 0 Å². The van der Waals surface area contributed by atoms with E-state index in [1.54, 1.807) is 6.20 Å². The molecule has 2 heterocycles. The predicted molar refractivity (Wildman–Crippen MR) is 86.4 cm³/mol. The molecule has 1 aromatic heterocycles. The van der Waals surface area contributed by atoms with E-state index in [0.717, 1.165) is 45.0 Å². The van der Waals surface area contributed by atoms with Gasteiger partial charge in [-0.2, -0.15) is 0 Å². The van der Waals surface area contributed by atoms with Crippen LogP contribution in [0.2, 0.25) is 0 Å². The summed E-state index contributed by atoms with van der Waals surface area (Å²) >= 11 is 0. The van der Waals surface area contributed by atoms with Crippen LogP contribution in [0.25, 0.3) is 0 Å². The van der Waals surface area contributed by atoms with Crippen LogP contribution in [0.3, 0.4) is 0 Å². The molecule has 1 fully saturated rings. The molecule has 2 rings (SSSR count). The number of primary amides is 1. The maximum Gasteiger partial charge on any atom is 0.229 e. The zero-order valence-corrected chi connectivity index (χ0v) is 13.6. The number of aromatic nitrogens is 1. The summed E-state index contributed by atoms with van der Waals surface area (Å²) in [5, 5.41) is 0. The maximum atomic E-state index is 12.4. The van der Waals surface area contributed by atoms with Crippen LogP contribution in [0.1, 0.15) is 32.4 Å². The second kappa shape index (κ2) is 7.70. The number of hydrogen-bond donors (Lipinski definition) is 1. The van der Waals surface area contributed by atoms with Gasteiger partial charge in [-0.1, -0.05) is 19.9 Å². The number of nitrogens with zero attached hydrogens (tertiary/aromatic N) is 2. The summed E-state index contributed by atoms with van der Waals surface area (Å²) in [6.45, 7) is 8.44. The molecular formula is C17H27N3O2. The van der Waals surface area contributed by atoms with Gasteiger partial charge in [-0.3, -0.25) is 14.7 Å². The van der Waals surface area contributed by atoms with Crippen LogP contribution in [0, 0.1) is 5.92 Å². The fourth-order valence-corrected chi connectivity index (χ4v) is 3.20. The summed E-state index contributed by atoms with van der Waals surface area (Å²) in [6, 6.07) is 5.72. The average Bonchev–Trinajstić information content (AvgIpc) is 2.52. The molecule has 1 saturated heterocycles. The summed E-state index contributed by atoms with van der Waals surface area (Å²) in [5.74, 6) is 0.104. The number of nitrogens with two attached hydrogens (primary N) is 1. The number of amides is 1. The van der Waals surface area contributed by atoms with E-state index in [9.17, 15) is 4.79 Å². The first-order valence-electron chi connectivity index (χ1n) is 8.06. The number of hydrogen-bond acceptors (Lipinski definition) is 4. The number of ether oxygens (including phenoxy) is 1. The van der Waals surface area contributed by atoms with Crippen LogP contribution < -0.4 is 5.73 Å². The fourth-order valence-electron chi connectivity index (χ4n) is 3.20. The third-order valence-electron chi connectivity index (χ3n) is 4.34. The van der Waals surface area contributed by atoms with Crippen LogP contribution in [-0.4, -0.2) is 48.6 Å². The summed E-state index contributed by atoms with van der Waals surface area (Å²) in [4.78, 5) is 19.2. The van der Waals surface area contributed by atoms with Gasteiger partial charge in [0.25, 0.3) is 0 Å². The molecule has 1 aromatic rings. The van der Waals surface area contributed by atoms with Crippen LogP contribution in [0.4, 0.5) is 0 Å². The van der Waals surface area contributed by atoms with Gasteiger partial charge in [0.15, 0.2) is 0 Å². The van der Waals surface area contributed by atoms with Crippen LogP contribution in [0.15, 0.2) is 24.4 Å². The lowest BCUT2D eigenvalue weighted by atomic mass is 9.73. The van der Waals surface area contributed by atoms with Crippen molar-refractivity contribution in [3.8, 4) is 0 Å². The van der Waals surface area contributed by atoms with E-state index in [0.29, 0.717) is 12.3 Å². The number of carbonyl (C=O) groups is 1. The van der Waals surface area contributed by atoms with E-state index in [-0.39, 0.29) is 5.91 Å². The van der Waals surface area contributed by atoms with Gasteiger partial charge in [0, 0.05) is 19.3 Å². The highest BCUT2D eigenvalue weighted by molar-refractivity contribution is 5.86. The SMILES string of the molecule is CC(C)C[C@@](CCN1CCOCC1)(C(N)=O)c1ccccn1. The molecule has 5 heteroatoms. The second-order valence-corrected chi connectivity index (χ2v) is 6.46. The van der Waals surface area contributed by atoms with Crippen molar-refractivity contribution >= 4 is 5.91 Å². The van der Waals surface area contributed by atoms with Gasteiger partial charge in [-0.05, 0) is 37.4 Å². The smallest absolute Gasteiger partial charge is 0.229 e. The van der Waals surface area contributed by atoms with Crippen molar-refractivity contribution in [2.75, 3.05) is 32.8 Å². The predicted octanol–water partition coefficient (Wildman–Crippen LogP) is 1.57. The molecule has 0 unspecified atom stereocenters. The molecule has 1 amide bonds. The van der Waals surface area contributed by atoms with Crippen LogP contribution in [0.5, 0.6) is 0 Å². The van der Waals surface area contributed by atoms with Crippen molar-refractivity contribution in [1.29, 1.82) is 0 Å². The Balaban J connectivity index is 2.21. The molecule has 0 aliphatic carbocycles. The minimum Gasteiger partial charge on any atom is -0.379 e. The lowest BCUT2D eigenvalue weighted by Crippen LogP contribution is -2.47. The third kappa shape index (κ3) is 4.05. The van der Waals surface area contributed by atoms with Crippen molar-refractivity contribution in [3.05, 3.63) is 30.1 Å². The fraction of sp³-hybridized carbons (Fsp3) is 0.647. The van der Waals surface area contributed by atoms with E-state index < -0.39 is 5.41 Å². The Labute approximate surface area is 132 Å². The Kier molecular flexibility index (Phi) is 5.91.